The summed E-state index contributed by atoms with van der Waals surface area (Å²) in [4.78, 5) is 24.7. The van der Waals surface area contributed by atoms with Gasteiger partial charge in [0, 0.05) is 55.2 Å². The molecule has 0 bridgehead atoms. The highest BCUT2D eigenvalue weighted by Gasteiger charge is 2.50. The topological polar surface area (TPSA) is 98.3 Å². The molecule has 172 valence electrons. The lowest BCUT2D eigenvalue weighted by atomic mass is 9.82. The molecule has 3 N–H and O–H groups in total. The second kappa shape index (κ2) is 7.81. The number of pyridine rings is 2. The fourth-order valence-corrected chi connectivity index (χ4v) is 5.46. The van der Waals surface area contributed by atoms with Gasteiger partial charge in [-0.15, -0.1) is 0 Å². The minimum absolute atomic E-state index is 0.0641. The monoisotopic (exact) mass is 446 g/mol. The SMILES string of the molecule is CCn1ccc2cc(C(=O)N[C@H]3CCc4nc(N5C[C@@H](N)C6(COC6)C5)ccc4C3)cnc21. The molecule has 2 fully saturated rings. The zero-order valence-corrected chi connectivity index (χ0v) is 19.0. The van der Waals surface area contributed by atoms with Gasteiger partial charge in [0.05, 0.1) is 24.2 Å². The van der Waals surface area contributed by atoms with Gasteiger partial charge in [0.15, 0.2) is 0 Å². The number of nitrogens with two attached hydrogens (primary N) is 1. The van der Waals surface area contributed by atoms with Gasteiger partial charge < -0.3 is 25.3 Å². The molecule has 1 aliphatic carbocycles. The van der Waals surface area contributed by atoms with E-state index in [0.29, 0.717) is 5.56 Å². The number of fused-ring (bicyclic) bond motifs is 2. The lowest BCUT2D eigenvalue weighted by molar-refractivity contribution is -0.106. The third-order valence-electron chi connectivity index (χ3n) is 7.60. The summed E-state index contributed by atoms with van der Waals surface area (Å²) in [7, 11) is 0. The Kier molecular flexibility index (Phi) is 4.88. The van der Waals surface area contributed by atoms with Crippen LogP contribution in [-0.4, -0.2) is 58.8 Å². The van der Waals surface area contributed by atoms with Crippen LogP contribution < -0.4 is 16.0 Å². The molecule has 2 atom stereocenters. The highest BCUT2D eigenvalue weighted by atomic mass is 16.5. The number of carbonyl (C=O) groups is 1. The standard InChI is InChI=1S/C25H30N6O2/c1-2-30-8-7-17-9-18(11-27-23(17)30)24(32)28-19-4-5-20-16(10-19)3-6-22(29-20)31-12-21(26)25(13-31)14-33-15-25/h3,6-9,11,19,21H,2,4-5,10,12-15,26H2,1H3,(H,28,32)/t19-,21+/m0/s1. The molecule has 3 aromatic heterocycles. The van der Waals surface area contributed by atoms with Crippen LogP contribution in [0.15, 0.2) is 36.7 Å². The molecule has 2 saturated heterocycles. The number of rotatable bonds is 4. The zero-order valence-electron chi connectivity index (χ0n) is 19.0. The highest BCUT2D eigenvalue weighted by Crippen LogP contribution is 2.38. The fraction of sp³-hybridized carbons (Fsp3) is 0.480. The zero-order chi connectivity index (χ0) is 22.6. The molecule has 3 aliphatic rings. The van der Waals surface area contributed by atoms with E-state index >= 15 is 0 Å². The summed E-state index contributed by atoms with van der Waals surface area (Å²) in [5.41, 5.74) is 10.4. The molecule has 3 aromatic rings. The molecule has 6 rings (SSSR count). The number of aromatic nitrogens is 3. The lowest BCUT2D eigenvalue weighted by Crippen LogP contribution is -2.54. The molecular formula is C25H30N6O2. The van der Waals surface area contributed by atoms with Crippen molar-refractivity contribution in [3.05, 3.63) is 53.5 Å². The average molecular weight is 447 g/mol. The van der Waals surface area contributed by atoms with E-state index in [-0.39, 0.29) is 23.4 Å². The second-order valence-corrected chi connectivity index (χ2v) is 9.77. The summed E-state index contributed by atoms with van der Waals surface area (Å²) < 4.78 is 7.52. The van der Waals surface area contributed by atoms with Crippen molar-refractivity contribution >= 4 is 22.8 Å². The van der Waals surface area contributed by atoms with Crippen LogP contribution in [0.4, 0.5) is 5.82 Å². The number of aryl methyl sites for hydroxylation is 2. The average Bonchev–Trinajstić information content (AvgIpc) is 3.38. The number of hydrogen-bond donors (Lipinski definition) is 2. The van der Waals surface area contributed by atoms with Gasteiger partial charge in [-0.2, -0.15) is 0 Å². The Morgan fingerprint density at radius 1 is 1.33 bits per heavy atom. The molecule has 0 aromatic carbocycles. The number of nitrogens with one attached hydrogen (secondary N) is 1. The van der Waals surface area contributed by atoms with E-state index in [1.165, 1.54) is 5.56 Å². The van der Waals surface area contributed by atoms with Crippen molar-refractivity contribution in [2.75, 3.05) is 31.2 Å². The van der Waals surface area contributed by atoms with E-state index in [2.05, 4.69) is 38.8 Å². The van der Waals surface area contributed by atoms with Crippen LogP contribution in [0.1, 0.15) is 35.0 Å². The molecule has 1 spiro atoms. The molecular weight excluding hydrogens is 416 g/mol. The molecule has 5 heterocycles. The third-order valence-corrected chi connectivity index (χ3v) is 7.60. The molecule has 0 unspecified atom stereocenters. The number of amides is 1. The van der Waals surface area contributed by atoms with Crippen molar-refractivity contribution in [2.45, 2.75) is 44.8 Å². The van der Waals surface area contributed by atoms with Crippen LogP contribution in [0.3, 0.4) is 0 Å². The van der Waals surface area contributed by atoms with Crippen LogP contribution in [0, 0.1) is 5.41 Å². The Bertz CT molecular complexity index is 1220. The fourth-order valence-electron chi connectivity index (χ4n) is 5.46. The maximum absolute atomic E-state index is 12.9. The Hall–Kier alpha value is -2.97. The van der Waals surface area contributed by atoms with Gasteiger partial charge in [-0.05, 0) is 49.9 Å². The number of carbonyl (C=O) groups excluding carboxylic acids is 1. The van der Waals surface area contributed by atoms with E-state index in [1.807, 2.05) is 18.3 Å². The number of nitrogens with zero attached hydrogens (tertiary/aromatic N) is 4. The van der Waals surface area contributed by atoms with Crippen molar-refractivity contribution in [3.8, 4) is 0 Å². The normalized spacial score (nSPS) is 23.5. The molecule has 8 nitrogen and oxygen atoms in total. The van der Waals surface area contributed by atoms with Gasteiger partial charge in [-0.1, -0.05) is 6.07 Å². The predicted molar refractivity (Wildman–Crippen MR) is 126 cm³/mol. The first kappa shape index (κ1) is 20.6. The Morgan fingerprint density at radius 2 is 2.21 bits per heavy atom. The van der Waals surface area contributed by atoms with Crippen LogP contribution in [-0.2, 0) is 24.1 Å². The molecule has 8 heteroatoms. The Labute approximate surface area is 193 Å². The number of hydrogen-bond acceptors (Lipinski definition) is 6. The largest absolute Gasteiger partial charge is 0.380 e. The van der Waals surface area contributed by atoms with Crippen LogP contribution in [0.25, 0.3) is 11.0 Å². The van der Waals surface area contributed by atoms with Crippen molar-refractivity contribution in [3.63, 3.8) is 0 Å². The van der Waals surface area contributed by atoms with Gasteiger partial charge >= 0.3 is 0 Å². The second-order valence-electron chi connectivity index (χ2n) is 9.77. The van der Waals surface area contributed by atoms with Crippen molar-refractivity contribution < 1.29 is 9.53 Å². The van der Waals surface area contributed by atoms with Crippen molar-refractivity contribution in [2.24, 2.45) is 11.1 Å². The summed E-state index contributed by atoms with van der Waals surface area (Å²) in [6.45, 7) is 6.19. The Balaban J connectivity index is 1.13. The van der Waals surface area contributed by atoms with Crippen LogP contribution in [0.5, 0.6) is 0 Å². The van der Waals surface area contributed by atoms with Gasteiger partial charge in [0.2, 0.25) is 0 Å². The van der Waals surface area contributed by atoms with Crippen LogP contribution in [0.2, 0.25) is 0 Å². The van der Waals surface area contributed by atoms with E-state index in [1.54, 1.807) is 6.20 Å². The van der Waals surface area contributed by atoms with E-state index in [0.717, 1.165) is 74.7 Å². The minimum atomic E-state index is -0.0641. The van der Waals surface area contributed by atoms with Crippen LogP contribution >= 0.6 is 0 Å². The summed E-state index contributed by atoms with van der Waals surface area (Å²) in [5, 5.41) is 4.20. The van der Waals surface area contributed by atoms with E-state index in [4.69, 9.17) is 15.5 Å². The number of ether oxygens (including phenoxy) is 1. The van der Waals surface area contributed by atoms with Gasteiger partial charge in [-0.25, -0.2) is 9.97 Å². The maximum Gasteiger partial charge on any atom is 0.253 e. The lowest BCUT2D eigenvalue weighted by Gasteiger charge is -2.40. The third kappa shape index (κ3) is 3.48. The van der Waals surface area contributed by atoms with E-state index < -0.39 is 0 Å². The van der Waals surface area contributed by atoms with Gasteiger partial charge in [0.25, 0.3) is 5.91 Å². The first-order chi connectivity index (χ1) is 16.0. The molecule has 2 aliphatic heterocycles. The van der Waals surface area contributed by atoms with Gasteiger partial charge in [0.1, 0.15) is 11.5 Å². The smallest absolute Gasteiger partial charge is 0.253 e. The summed E-state index contributed by atoms with van der Waals surface area (Å²) in [6, 6.07) is 8.45. The summed E-state index contributed by atoms with van der Waals surface area (Å²) in [6.07, 6.45) is 6.23. The van der Waals surface area contributed by atoms with E-state index in [9.17, 15) is 4.79 Å². The molecule has 1 amide bonds. The summed E-state index contributed by atoms with van der Waals surface area (Å²) in [5.74, 6) is 0.944. The first-order valence-electron chi connectivity index (χ1n) is 11.9. The minimum Gasteiger partial charge on any atom is -0.380 e. The number of anilines is 1. The molecule has 33 heavy (non-hydrogen) atoms. The Morgan fingerprint density at radius 3 is 2.97 bits per heavy atom. The maximum atomic E-state index is 12.9. The first-order valence-corrected chi connectivity index (χ1v) is 11.9. The van der Waals surface area contributed by atoms with Crippen molar-refractivity contribution in [1.29, 1.82) is 0 Å². The highest BCUT2D eigenvalue weighted by molar-refractivity contribution is 5.97. The summed E-state index contributed by atoms with van der Waals surface area (Å²) >= 11 is 0. The van der Waals surface area contributed by atoms with Crippen molar-refractivity contribution in [1.82, 2.24) is 19.9 Å². The quantitative estimate of drug-likeness (QED) is 0.635. The molecule has 0 saturated carbocycles. The molecule has 0 radical (unpaired) electrons. The van der Waals surface area contributed by atoms with Gasteiger partial charge in [-0.3, -0.25) is 4.79 Å². The predicted octanol–water partition coefficient (Wildman–Crippen LogP) is 1.90.